The van der Waals surface area contributed by atoms with E-state index in [0.717, 1.165) is 0 Å². The van der Waals surface area contributed by atoms with Crippen LogP contribution in [0.25, 0.3) is 22.4 Å². The maximum atomic E-state index is 14.7. The van der Waals surface area contributed by atoms with E-state index in [0.29, 0.717) is 56.0 Å². The molecule has 36 heavy (non-hydrogen) atoms. The summed E-state index contributed by atoms with van der Waals surface area (Å²) < 4.78 is 35.0. The van der Waals surface area contributed by atoms with E-state index in [9.17, 15) is 8.78 Å². The van der Waals surface area contributed by atoms with E-state index in [1.807, 2.05) is 12.1 Å². The van der Waals surface area contributed by atoms with Crippen molar-refractivity contribution in [2.45, 2.75) is 13.1 Å². The Morgan fingerprint density at radius 2 is 1.83 bits per heavy atom. The minimum absolute atomic E-state index is 0.137. The summed E-state index contributed by atoms with van der Waals surface area (Å²) >= 11 is 6.28. The number of aliphatic imine (C=N–C) groups is 1. The Bertz CT molecular complexity index is 1660. The van der Waals surface area contributed by atoms with Crippen molar-refractivity contribution in [3.8, 4) is 11.3 Å². The van der Waals surface area contributed by atoms with Crippen LogP contribution in [0.4, 0.5) is 20.4 Å². The zero-order valence-corrected chi connectivity index (χ0v) is 19.4. The standard InChI is InChI=1S/C26H17ClF2N6O/c27-14-4-6-16-17(8-14)25(23-18(28)2-1-3-19(23)29)31-11-13-12-32-26(35-24(13)16)33-15-5-7-21-20(9-15)34-22(10-30)36-21/h1-9,12H,10-11,30H2,(H,32,33,35). The smallest absolute Gasteiger partial charge is 0.227 e. The molecule has 0 fully saturated rings. The number of halogens is 3. The summed E-state index contributed by atoms with van der Waals surface area (Å²) in [6.45, 7) is 0.341. The third-order valence-electron chi connectivity index (χ3n) is 5.83. The van der Waals surface area contributed by atoms with Gasteiger partial charge in [-0.25, -0.2) is 23.7 Å². The van der Waals surface area contributed by atoms with Crippen LogP contribution in [0, 0.1) is 11.6 Å². The molecule has 10 heteroatoms. The normalized spacial score (nSPS) is 12.6. The van der Waals surface area contributed by atoms with Crippen LogP contribution in [0.5, 0.6) is 0 Å². The van der Waals surface area contributed by atoms with Crippen LogP contribution in [0.2, 0.25) is 5.02 Å². The number of fused-ring (bicyclic) bond motifs is 4. The molecule has 0 spiro atoms. The van der Waals surface area contributed by atoms with E-state index in [1.165, 1.54) is 18.2 Å². The van der Waals surface area contributed by atoms with Gasteiger partial charge in [0.25, 0.3) is 0 Å². The molecule has 1 aliphatic rings. The zero-order chi connectivity index (χ0) is 24.8. The molecular formula is C26H17ClF2N6O. The predicted octanol–water partition coefficient (Wildman–Crippen LogP) is 5.77. The van der Waals surface area contributed by atoms with Crippen molar-refractivity contribution in [1.29, 1.82) is 0 Å². The summed E-state index contributed by atoms with van der Waals surface area (Å²) in [5.74, 6) is -0.641. The fraction of sp³-hybridized carbons (Fsp3) is 0.0769. The number of aromatic nitrogens is 3. The van der Waals surface area contributed by atoms with Gasteiger partial charge in [-0.3, -0.25) is 4.99 Å². The maximum absolute atomic E-state index is 14.7. The van der Waals surface area contributed by atoms with Crippen LogP contribution in [-0.2, 0) is 13.1 Å². The second kappa shape index (κ2) is 8.78. The van der Waals surface area contributed by atoms with Crippen LogP contribution < -0.4 is 11.1 Å². The van der Waals surface area contributed by atoms with Gasteiger partial charge in [0.1, 0.15) is 17.2 Å². The number of rotatable bonds is 4. The number of hydrogen-bond acceptors (Lipinski definition) is 7. The van der Waals surface area contributed by atoms with Gasteiger partial charge in [-0.2, -0.15) is 0 Å². The summed E-state index contributed by atoms with van der Waals surface area (Å²) in [4.78, 5) is 18.0. The monoisotopic (exact) mass is 502 g/mol. The first-order valence-electron chi connectivity index (χ1n) is 11.0. The van der Waals surface area contributed by atoms with Crippen LogP contribution in [0.1, 0.15) is 22.6 Å². The molecule has 3 heterocycles. The van der Waals surface area contributed by atoms with E-state index in [4.69, 9.17) is 26.7 Å². The minimum Gasteiger partial charge on any atom is -0.439 e. The molecule has 178 valence electrons. The topological polar surface area (TPSA) is 102 Å². The van der Waals surface area contributed by atoms with Crippen LogP contribution >= 0.6 is 11.6 Å². The Morgan fingerprint density at radius 1 is 1.00 bits per heavy atom. The van der Waals surface area contributed by atoms with Crippen molar-refractivity contribution in [2.75, 3.05) is 5.32 Å². The zero-order valence-electron chi connectivity index (χ0n) is 18.6. The Morgan fingerprint density at radius 3 is 2.64 bits per heavy atom. The van der Waals surface area contributed by atoms with Crippen LogP contribution in [0.3, 0.4) is 0 Å². The Balaban J connectivity index is 1.43. The molecule has 3 aromatic carbocycles. The highest BCUT2D eigenvalue weighted by Crippen LogP contribution is 2.35. The molecule has 0 bridgehead atoms. The average Bonchev–Trinajstić information content (AvgIpc) is 3.22. The molecular weight excluding hydrogens is 486 g/mol. The molecule has 0 radical (unpaired) electrons. The first-order chi connectivity index (χ1) is 17.5. The first kappa shape index (κ1) is 22.3. The van der Waals surface area contributed by atoms with Gasteiger partial charge in [0, 0.05) is 33.6 Å². The average molecular weight is 503 g/mol. The summed E-state index contributed by atoms with van der Waals surface area (Å²) in [7, 11) is 0. The van der Waals surface area contributed by atoms with Gasteiger partial charge in [-0.15, -0.1) is 0 Å². The lowest BCUT2D eigenvalue weighted by Gasteiger charge is -2.13. The summed E-state index contributed by atoms with van der Waals surface area (Å²) in [5, 5.41) is 3.59. The van der Waals surface area contributed by atoms with Crippen molar-refractivity contribution >= 4 is 40.0 Å². The Hall–Kier alpha value is -4.21. The molecule has 0 atom stereocenters. The van der Waals surface area contributed by atoms with E-state index < -0.39 is 11.6 Å². The largest absolute Gasteiger partial charge is 0.439 e. The minimum atomic E-state index is -0.708. The van der Waals surface area contributed by atoms with Crippen molar-refractivity contribution < 1.29 is 13.2 Å². The summed E-state index contributed by atoms with van der Waals surface area (Å²) in [6, 6.07) is 14.2. The fourth-order valence-electron chi connectivity index (χ4n) is 4.19. The molecule has 0 saturated heterocycles. The molecule has 0 saturated carbocycles. The first-order valence-corrected chi connectivity index (χ1v) is 11.4. The van der Waals surface area contributed by atoms with Gasteiger partial charge in [0.15, 0.2) is 5.58 Å². The van der Waals surface area contributed by atoms with Crippen molar-refractivity contribution in [3.63, 3.8) is 0 Å². The van der Waals surface area contributed by atoms with Crippen molar-refractivity contribution in [1.82, 2.24) is 15.0 Å². The third-order valence-corrected chi connectivity index (χ3v) is 6.06. The lowest BCUT2D eigenvalue weighted by Crippen LogP contribution is -2.10. The van der Waals surface area contributed by atoms with E-state index in [2.05, 4.69) is 20.3 Å². The van der Waals surface area contributed by atoms with Gasteiger partial charge in [0.05, 0.1) is 30.1 Å². The predicted molar refractivity (Wildman–Crippen MR) is 133 cm³/mol. The third kappa shape index (κ3) is 3.88. The molecule has 6 rings (SSSR count). The van der Waals surface area contributed by atoms with Gasteiger partial charge < -0.3 is 15.5 Å². The van der Waals surface area contributed by atoms with E-state index >= 15 is 0 Å². The van der Waals surface area contributed by atoms with Gasteiger partial charge in [-0.05, 0) is 42.5 Å². The number of anilines is 2. The number of benzene rings is 3. The fourth-order valence-corrected chi connectivity index (χ4v) is 4.36. The molecule has 7 nitrogen and oxygen atoms in total. The van der Waals surface area contributed by atoms with E-state index in [-0.39, 0.29) is 24.4 Å². The second-order valence-corrected chi connectivity index (χ2v) is 8.57. The molecule has 3 N–H and O–H groups in total. The molecule has 5 aromatic rings. The highest BCUT2D eigenvalue weighted by molar-refractivity contribution is 6.31. The van der Waals surface area contributed by atoms with Gasteiger partial charge in [0.2, 0.25) is 11.8 Å². The summed E-state index contributed by atoms with van der Waals surface area (Å²) in [5.41, 5.74) is 9.96. The number of hydrogen-bond donors (Lipinski definition) is 2. The summed E-state index contributed by atoms with van der Waals surface area (Å²) in [6.07, 6.45) is 1.65. The SMILES string of the molecule is NCc1nc2cc(Nc3ncc4c(n3)-c3ccc(Cl)cc3C(c3c(F)cccc3F)=NC4)ccc2o1. The number of nitrogens with two attached hydrogens (primary N) is 1. The molecule has 0 aliphatic carbocycles. The van der Waals surface area contributed by atoms with E-state index in [1.54, 1.807) is 30.5 Å². The molecule has 2 aromatic heterocycles. The molecule has 0 unspecified atom stereocenters. The Kier molecular flexibility index (Phi) is 5.43. The van der Waals surface area contributed by atoms with Gasteiger partial charge in [-0.1, -0.05) is 23.7 Å². The number of nitrogens with zero attached hydrogens (tertiary/aromatic N) is 4. The highest BCUT2D eigenvalue weighted by atomic mass is 35.5. The van der Waals surface area contributed by atoms with Gasteiger partial charge >= 0.3 is 0 Å². The quantitative estimate of drug-likeness (QED) is 0.323. The number of oxazole rings is 1. The lowest BCUT2D eigenvalue weighted by atomic mass is 9.95. The van der Waals surface area contributed by atoms with Crippen molar-refractivity contribution in [3.05, 3.63) is 100 Å². The second-order valence-electron chi connectivity index (χ2n) is 8.14. The maximum Gasteiger partial charge on any atom is 0.227 e. The molecule has 1 aliphatic heterocycles. The number of nitrogens with one attached hydrogen (secondary N) is 1. The Labute approximate surface area is 208 Å². The highest BCUT2D eigenvalue weighted by Gasteiger charge is 2.25. The lowest BCUT2D eigenvalue weighted by molar-refractivity contribution is 0.533. The van der Waals surface area contributed by atoms with Crippen LogP contribution in [0.15, 0.2) is 70.2 Å². The van der Waals surface area contributed by atoms with Crippen LogP contribution in [-0.4, -0.2) is 20.7 Å². The molecule has 0 amide bonds. The van der Waals surface area contributed by atoms with Crippen molar-refractivity contribution in [2.24, 2.45) is 10.7 Å².